The van der Waals surface area contributed by atoms with Gasteiger partial charge in [-0.3, -0.25) is 0 Å². The lowest BCUT2D eigenvalue weighted by molar-refractivity contribution is -0.0137. The van der Waals surface area contributed by atoms with Crippen LogP contribution in [0, 0.1) is 17.2 Å². The number of halogens is 1. The normalized spacial score (nSPS) is 27.6. The fourth-order valence-corrected chi connectivity index (χ4v) is 3.26. The van der Waals surface area contributed by atoms with Crippen molar-refractivity contribution in [3.63, 3.8) is 0 Å². The summed E-state index contributed by atoms with van der Waals surface area (Å²) in [6.45, 7) is 8.94. The van der Waals surface area contributed by atoms with Crippen LogP contribution in [0.5, 0.6) is 0 Å². The van der Waals surface area contributed by atoms with Crippen molar-refractivity contribution in [3.05, 3.63) is 35.6 Å². The average Bonchev–Trinajstić information content (AvgIpc) is 2.26. The van der Waals surface area contributed by atoms with E-state index in [1.807, 2.05) is 12.1 Å². The molecule has 2 unspecified atom stereocenters. The Morgan fingerprint density at radius 2 is 1.76 bits per heavy atom. The topological polar surface area (TPSA) is 26.0 Å². The first-order chi connectivity index (χ1) is 7.76. The SMILES string of the molecule is CC(C)(c1ccc(F)cc1)C1CC(N)C1(C)C. The van der Waals surface area contributed by atoms with Crippen LogP contribution >= 0.6 is 0 Å². The highest BCUT2D eigenvalue weighted by Gasteiger charge is 2.52. The zero-order valence-corrected chi connectivity index (χ0v) is 11.1. The van der Waals surface area contributed by atoms with E-state index in [-0.39, 0.29) is 22.7 Å². The maximum Gasteiger partial charge on any atom is 0.123 e. The third kappa shape index (κ3) is 1.89. The molecule has 1 nitrogen and oxygen atoms in total. The van der Waals surface area contributed by atoms with Crippen LogP contribution in [0.15, 0.2) is 24.3 Å². The van der Waals surface area contributed by atoms with E-state index in [1.165, 1.54) is 5.56 Å². The van der Waals surface area contributed by atoms with Crippen LogP contribution < -0.4 is 5.73 Å². The second-order valence-corrected chi connectivity index (χ2v) is 6.44. The lowest BCUT2D eigenvalue weighted by atomic mass is 9.49. The smallest absolute Gasteiger partial charge is 0.123 e. The molecule has 1 aromatic carbocycles. The van der Waals surface area contributed by atoms with Gasteiger partial charge in [0.1, 0.15) is 5.82 Å². The van der Waals surface area contributed by atoms with Crippen LogP contribution in [0.25, 0.3) is 0 Å². The molecule has 0 bridgehead atoms. The number of hydrogen-bond acceptors (Lipinski definition) is 1. The highest BCUT2D eigenvalue weighted by molar-refractivity contribution is 5.28. The first kappa shape index (κ1) is 12.6. The van der Waals surface area contributed by atoms with Crippen LogP contribution in [0.1, 0.15) is 39.7 Å². The van der Waals surface area contributed by atoms with E-state index >= 15 is 0 Å². The van der Waals surface area contributed by atoms with Gasteiger partial charge in [0.15, 0.2) is 0 Å². The molecule has 1 aromatic rings. The van der Waals surface area contributed by atoms with Crippen molar-refractivity contribution < 1.29 is 4.39 Å². The number of hydrogen-bond donors (Lipinski definition) is 1. The van der Waals surface area contributed by atoms with Crippen LogP contribution in [-0.2, 0) is 5.41 Å². The van der Waals surface area contributed by atoms with Gasteiger partial charge in [-0.05, 0) is 40.9 Å². The van der Waals surface area contributed by atoms with Crippen molar-refractivity contribution in [1.82, 2.24) is 0 Å². The largest absolute Gasteiger partial charge is 0.327 e. The van der Waals surface area contributed by atoms with Gasteiger partial charge in [-0.1, -0.05) is 39.8 Å². The molecule has 0 spiro atoms. The Hall–Kier alpha value is -0.890. The molecule has 0 amide bonds. The summed E-state index contributed by atoms with van der Waals surface area (Å²) in [5.74, 6) is 0.379. The first-order valence-electron chi connectivity index (χ1n) is 6.28. The fraction of sp³-hybridized carbons (Fsp3) is 0.600. The van der Waals surface area contributed by atoms with Gasteiger partial charge in [0.2, 0.25) is 0 Å². The van der Waals surface area contributed by atoms with E-state index < -0.39 is 0 Å². The molecule has 94 valence electrons. The summed E-state index contributed by atoms with van der Waals surface area (Å²) < 4.78 is 13.0. The number of nitrogens with two attached hydrogens (primary N) is 1. The average molecular weight is 235 g/mol. The molecule has 1 saturated carbocycles. The summed E-state index contributed by atoms with van der Waals surface area (Å²) in [7, 11) is 0. The quantitative estimate of drug-likeness (QED) is 0.834. The molecule has 0 heterocycles. The molecule has 1 aliphatic rings. The Morgan fingerprint density at radius 3 is 2.18 bits per heavy atom. The summed E-state index contributed by atoms with van der Waals surface area (Å²) in [6.07, 6.45) is 1.05. The zero-order chi connectivity index (χ0) is 12.8. The van der Waals surface area contributed by atoms with E-state index in [1.54, 1.807) is 12.1 Å². The Balaban J connectivity index is 2.28. The second-order valence-electron chi connectivity index (χ2n) is 6.44. The van der Waals surface area contributed by atoms with Gasteiger partial charge < -0.3 is 5.73 Å². The summed E-state index contributed by atoms with van der Waals surface area (Å²) in [4.78, 5) is 0. The minimum atomic E-state index is -0.172. The van der Waals surface area contributed by atoms with Gasteiger partial charge >= 0.3 is 0 Å². The summed E-state index contributed by atoms with van der Waals surface area (Å²) in [5, 5.41) is 0. The van der Waals surface area contributed by atoms with Gasteiger partial charge in [-0.15, -0.1) is 0 Å². The van der Waals surface area contributed by atoms with E-state index in [9.17, 15) is 4.39 Å². The highest BCUT2D eigenvalue weighted by atomic mass is 19.1. The predicted molar refractivity (Wildman–Crippen MR) is 69.3 cm³/mol. The van der Waals surface area contributed by atoms with Crippen molar-refractivity contribution in [3.8, 4) is 0 Å². The van der Waals surface area contributed by atoms with Gasteiger partial charge in [0.05, 0.1) is 0 Å². The van der Waals surface area contributed by atoms with E-state index in [2.05, 4.69) is 27.7 Å². The lowest BCUT2D eigenvalue weighted by Gasteiger charge is -2.57. The predicted octanol–water partition coefficient (Wildman–Crippen LogP) is 3.48. The molecule has 2 N–H and O–H groups in total. The standard InChI is InChI=1S/C15H22FN/c1-14(2,10-5-7-11(16)8-6-10)12-9-13(17)15(12,3)4/h5-8,12-13H,9,17H2,1-4H3. The van der Waals surface area contributed by atoms with E-state index in [0.29, 0.717) is 5.92 Å². The Labute approximate surface area is 103 Å². The maximum atomic E-state index is 13.0. The van der Waals surface area contributed by atoms with E-state index in [4.69, 9.17) is 5.73 Å². The molecule has 0 radical (unpaired) electrons. The third-order valence-corrected chi connectivity index (χ3v) is 4.80. The molecule has 17 heavy (non-hydrogen) atoms. The van der Waals surface area contributed by atoms with Crippen LogP contribution in [0.2, 0.25) is 0 Å². The number of rotatable bonds is 2. The Kier molecular flexibility index (Phi) is 2.81. The molecule has 1 aliphatic carbocycles. The van der Waals surface area contributed by atoms with Crippen molar-refractivity contribution in [2.24, 2.45) is 17.1 Å². The molecule has 2 rings (SSSR count). The van der Waals surface area contributed by atoms with Crippen molar-refractivity contribution in [2.75, 3.05) is 0 Å². The van der Waals surface area contributed by atoms with E-state index in [0.717, 1.165) is 6.42 Å². The minimum absolute atomic E-state index is 0.0487. The van der Waals surface area contributed by atoms with Crippen LogP contribution in [0.4, 0.5) is 4.39 Å². The van der Waals surface area contributed by atoms with Gasteiger partial charge in [-0.2, -0.15) is 0 Å². The number of benzene rings is 1. The molecule has 0 aromatic heterocycles. The van der Waals surface area contributed by atoms with Crippen LogP contribution in [-0.4, -0.2) is 6.04 Å². The van der Waals surface area contributed by atoms with Gasteiger partial charge in [0.25, 0.3) is 0 Å². The van der Waals surface area contributed by atoms with Crippen molar-refractivity contribution >= 4 is 0 Å². The van der Waals surface area contributed by atoms with Crippen LogP contribution in [0.3, 0.4) is 0 Å². The first-order valence-corrected chi connectivity index (χ1v) is 6.28. The fourth-order valence-electron chi connectivity index (χ4n) is 3.26. The molecular weight excluding hydrogens is 213 g/mol. The zero-order valence-electron chi connectivity index (χ0n) is 11.1. The molecule has 2 heteroatoms. The second kappa shape index (κ2) is 3.81. The Bertz CT molecular complexity index is 405. The summed E-state index contributed by atoms with van der Waals surface area (Å²) in [6, 6.07) is 7.17. The monoisotopic (exact) mass is 235 g/mol. The van der Waals surface area contributed by atoms with Crippen molar-refractivity contribution in [2.45, 2.75) is 45.6 Å². The molecule has 1 fully saturated rings. The summed E-state index contributed by atoms with van der Waals surface area (Å²) >= 11 is 0. The third-order valence-electron chi connectivity index (χ3n) is 4.80. The molecule has 2 atom stereocenters. The minimum Gasteiger partial charge on any atom is -0.327 e. The van der Waals surface area contributed by atoms with Crippen molar-refractivity contribution in [1.29, 1.82) is 0 Å². The lowest BCUT2D eigenvalue weighted by Crippen LogP contribution is -2.60. The highest BCUT2D eigenvalue weighted by Crippen LogP contribution is 2.54. The van der Waals surface area contributed by atoms with Gasteiger partial charge in [0, 0.05) is 6.04 Å². The maximum absolute atomic E-state index is 13.0. The summed E-state index contributed by atoms with van der Waals surface area (Å²) in [5.41, 5.74) is 7.50. The molecular formula is C15H22FN. The Morgan fingerprint density at radius 1 is 1.24 bits per heavy atom. The van der Waals surface area contributed by atoms with Gasteiger partial charge in [-0.25, -0.2) is 4.39 Å². The molecule has 0 saturated heterocycles. The molecule has 0 aliphatic heterocycles.